The second-order valence-electron chi connectivity index (χ2n) is 2.79. The monoisotopic (exact) mass is 190 g/mol. The lowest BCUT2D eigenvalue weighted by Gasteiger charge is -2.12. The van der Waals surface area contributed by atoms with Crippen LogP contribution in [0.1, 0.15) is 5.69 Å². The number of halogens is 2. The summed E-state index contributed by atoms with van der Waals surface area (Å²) in [5, 5.41) is 3.97. The normalized spacial score (nSPS) is 13.6. The fraction of sp³-hybridized carbons (Fsp3) is 0.571. The standard InChI is InChI=1S/C7H12F2N4/c1-13-3-2-5(12-13)4-6(11-10)7(8)9/h2-3,6-7,11H,4,10H2,1H3. The predicted molar refractivity (Wildman–Crippen MR) is 44.0 cm³/mol. The van der Waals surface area contributed by atoms with E-state index in [9.17, 15) is 8.78 Å². The Balaban J connectivity index is 2.56. The summed E-state index contributed by atoms with van der Waals surface area (Å²) in [7, 11) is 1.73. The highest BCUT2D eigenvalue weighted by molar-refractivity contribution is 5.01. The molecule has 0 fully saturated rings. The Labute approximate surface area is 74.7 Å². The largest absolute Gasteiger partial charge is 0.276 e. The van der Waals surface area contributed by atoms with Crippen LogP contribution in [0.2, 0.25) is 0 Å². The van der Waals surface area contributed by atoms with Crippen LogP contribution in [0.4, 0.5) is 8.78 Å². The summed E-state index contributed by atoms with van der Waals surface area (Å²) < 4.78 is 26.0. The molecule has 1 atom stereocenters. The molecule has 0 spiro atoms. The van der Waals surface area contributed by atoms with Gasteiger partial charge >= 0.3 is 0 Å². The Morgan fingerprint density at radius 2 is 2.38 bits per heavy atom. The van der Waals surface area contributed by atoms with Gasteiger partial charge in [0.25, 0.3) is 6.43 Å². The molecule has 1 unspecified atom stereocenters. The van der Waals surface area contributed by atoms with Crippen molar-refractivity contribution in [3.8, 4) is 0 Å². The fourth-order valence-electron chi connectivity index (χ4n) is 1.02. The molecule has 0 saturated carbocycles. The van der Waals surface area contributed by atoms with Crippen LogP contribution in [0.5, 0.6) is 0 Å². The quantitative estimate of drug-likeness (QED) is 0.521. The average molecular weight is 190 g/mol. The van der Waals surface area contributed by atoms with E-state index in [2.05, 4.69) is 10.5 Å². The van der Waals surface area contributed by atoms with Crippen molar-refractivity contribution in [2.24, 2.45) is 12.9 Å². The fourth-order valence-corrected chi connectivity index (χ4v) is 1.02. The van der Waals surface area contributed by atoms with Gasteiger partial charge in [-0.1, -0.05) is 0 Å². The molecule has 1 heterocycles. The topological polar surface area (TPSA) is 55.9 Å². The van der Waals surface area contributed by atoms with Crippen LogP contribution in [0.3, 0.4) is 0 Å². The van der Waals surface area contributed by atoms with Gasteiger partial charge in [-0.2, -0.15) is 5.10 Å². The molecule has 0 saturated heterocycles. The molecular formula is C7H12F2N4. The van der Waals surface area contributed by atoms with E-state index >= 15 is 0 Å². The zero-order valence-electron chi connectivity index (χ0n) is 7.24. The van der Waals surface area contributed by atoms with Gasteiger partial charge in [0.05, 0.1) is 11.7 Å². The molecule has 0 aliphatic rings. The lowest BCUT2D eigenvalue weighted by Crippen LogP contribution is -2.42. The molecule has 4 nitrogen and oxygen atoms in total. The van der Waals surface area contributed by atoms with Crippen molar-refractivity contribution in [3.05, 3.63) is 18.0 Å². The van der Waals surface area contributed by atoms with E-state index in [1.807, 2.05) is 0 Å². The van der Waals surface area contributed by atoms with E-state index in [-0.39, 0.29) is 6.42 Å². The number of aromatic nitrogens is 2. The van der Waals surface area contributed by atoms with Crippen LogP contribution in [-0.2, 0) is 13.5 Å². The number of alkyl halides is 2. The molecular weight excluding hydrogens is 178 g/mol. The molecule has 0 aromatic carbocycles. The third-order valence-corrected chi connectivity index (χ3v) is 1.72. The number of hydrazine groups is 1. The molecule has 6 heteroatoms. The third-order valence-electron chi connectivity index (χ3n) is 1.72. The van der Waals surface area contributed by atoms with Crippen molar-refractivity contribution in [2.75, 3.05) is 0 Å². The summed E-state index contributed by atoms with van der Waals surface area (Å²) in [6.45, 7) is 0. The maximum Gasteiger partial charge on any atom is 0.255 e. The maximum atomic E-state index is 12.2. The van der Waals surface area contributed by atoms with Crippen LogP contribution < -0.4 is 11.3 Å². The van der Waals surface area contributed by atoms with Gasteiger partial charge in [0.15, 0.2) is 0 Å². The molecule has 0 bridgehead atoms. The Morgan fingerprint density at radius 1 is 1.69 bits per heavy atom. The number of nitrogens with two attached hydrogens (primary N) is 1. The zero-order valence-corrected chi connectivity index (χ0v) is 7.24. The van der Waals surface area contributed by atoms with E-state index in [1.165, 1.54) is 0 Å². The van der Waals surface area contributed by atoms with Gasteiger partial charge in [-0.3, -0.25) is 16.0 Å². The highest BCUT2D eigenvalue weighted by atomic mass is 19.3. The first-order valence-corrected chi connectivity index (χ1v) is 3.86. The van der Waals surface area contributed by atoms with Crippen molar-refractivity contribution in [1.29, 1.82) is 0 Å². The van der Waals surface area contributed by atoms with Crippen molar-refractivity contribution in [2.45, 2.75) is 18.9 Å². The van der Waals surface area contributed by atoms with Crippen LogP contribution in [0.25, 0.3) is 0 Å². The minimum absolute atomic E-state index is 0.134. The molecule has 1 aromatic heterocycles. The predicted octanol–water partition coefficient (Wildman–Crippen LogP) is 0.0596. The lowest BCUT2D eigenvalue weighted by atomic mass is 10.2. The van der Waals surface area contributed by atoms with Gasteiger partial charge in [0, 0.05) is 19.7 Å². The van der Waals surface area contributed by atoms with Gasteiger partial charge in [-0.25, -0.2) is 8.78 Å². The highest BCUT2D eigenvalue weighted by Gasteiger charge is 2.19. The number of hydrogen-bond acceptors (Lipinski definition) is 3. The summed E-state index contributed by atoms with van der Waals surface area (Å²) in [5.41, 5.74) is 2.66. The molecule has 74 valence electrons. The van der Waals surface area contributed by atoms with Crippen LogP contribution >= 0.6 is 0 Å². The minimum Gasteiger partial charge on any atom is -0.276 e. The first-order chi connectivity index (χ1) is 6.13. The van der Waals surface area contributed by atoms with E-state index in [1.54, 1.807) is 24.0 Å². The summed E-state index contributed by atoms with van der Waals surface area (Å²) >= 11 is 0. The lowest BCUT2D eigenvalue weighted by molar-refractivity contribution is 0.0979. The molecule has 0 amide bonds. The molecule has 0 aliphatic heterocycles. The average Bonchev–Trinajstić information content (AvgIpc) is 2.46. The number of aryl methyl sites for hydroxylation is 1. The van der Waals surface area contributed by atoms with E-state index in [0.717, 1.165) is 0 Å². The molecule has 13 heavy (non-hydrogen) atoms. The van der Waals surface area contributed by atoms with Gasteiger partial charge in [-0.15, -0.1) is 0 Å². The van der Waals surface area contributed by atoms with E-state index in [4.69, 9.17) is 5.84 Å². The Bertz CT molecular complexity index is 261. The second-order valence-corrected chi connectivity index (χ2v) is 2.79. The van der Waals surface area contributed by atoms with Gasteiger partial charge in [-0.05, 0) is 6.07 Å². The Kier molecular flexibility index (Phi) is 3.32. The number of hydrogen-bond donors (Lipinski definition) is 2. The van der Waals surface area contributed by atoms with Gasteiger partial charge in [0.1, 0.15) is 0 Å². The van der Waals surface area contributed by atoms with Gasteiger partial charge in [0.2, 0.25) is 0 Å². The molecule has 3 N–H and O–H groups in total. The van der Waals surface area contributed by atoms with Crippen molar-refractivity contribution >= 4 is 0 Å². The van der Waals surface area contributed by atoms with Crippen LogP contribution in [-0.4, -0.2) is 22.2 Å². The first-order valence-electron chi connectivity index (χ1n) is 3.86. The molecule has 1 aromatic rings. The molecule has 1 rings (SSSR count). The summed E-state index contributed by atoms with van der Waals surface area (Å²) in [4.78, 5) is 0. The number of nitrogens with one attached hydrogen (secondary N) is 1. The Morgan fingerprint density at radius 3 is 2.77 bits per heavy atom. The first kappa shape index (κ1) is 10.1. The summed E-state index contributed by atoms with van der Waals surface area (Å²) in [6.07, 6.45) is -0.643. The van der Waals surface area contributed by atoms with Crippen LogP contribution in [0, 0.1) is 0 Å². The summed E-state index contributed by atoms with van der Waals surface area (Å²) in [5.74, 6) is 4.96. The van der Waals surface area contributed by atoms with E-state index < -0.39 is 12.5 Å². The van der Waals surface area contributed by atoms with Crippen molar-refractivity contribution < 1.29 is 8.78 Å². The van der Waals surface area contributed by atoms with Crippen molar-refractivity contribution in [3.63, 3.8) is 0 Å². The molecule has 0 radical (unpaired) electrons. The highest BCUT2D eigenvalue weighted by Crippen LogP contribution is 2.06. The third kappa shape index (κ3) is 2.74. The number of nitrogens with zero attached hydrogens (tertiary/aromatic N) is 2. The van der Waals surface area contributed by atoms with E-state index in [0.29, 0.717) is 5.69 Å². The SMILES string of the molecule is Cn1ccc(CC(NN)C(F)F)n1. The zero-order chi connectivity index (χ0) is 9.84. The minimum atomic E-state index is -2.48. The van der Waals surface area contributed by atoms with Gasteiger partial charge < -0.3 is 0 Å². The van der Waals surface area contributed by atoms with Crippen LogP contribution in [0.15, 0.2) is 12.3 Å². The summed E-state index contributed by atoms with van der Waals surface area (Å²) in [6, 6.07) is 0.655. The maximum absolute atomic E-state index is 12.2. The Hall–Kier alpha value is -1.01. The smallest absolute Gasteiger partial charge is 0.255 e. The molecule has 0 aliphatic carbocycles. The van der Waals surface area contributed by atoms with Crippen molar-refractivity contribution in [1.82, 2.24) is 15.2 Å². The second kappa shape index (κ2) is 4.29. The number of rotatable bonds is 4.